The first-order valence-corrected chi connectivity index (χ1v) is 25.4. The number of benzene rings is 2. The van der Waals surface area contributed by atoms with Gasteiger partial charge in [0.2, 0.25) is 0 Å². The van der Waals surface area contributed by atoms with Crippen molar-refractivity contribution >= 4 is 60.6 Å². The highest BCUT2D eigenvalue weighted by molar-refractivity contribution is 7.98. The van der Waals surface area contributed by atoms with Crippen LogP contribution in [0.1, 0.15) is 129 Å². The summed E-state index contributed by atoms with van der Waals surface area (Å²) in [6.07, 6.45) is 5.23. The molecule has 0 N–H and O–H groups in total. The van der Waals surface area contributed by atoms with Gasteiger partial charge in [0, 0.05) is 62.8 Å². The maximum absolute atomic E-state index is 11.7. The van der Waals surface area contributed by atoms with Crippen molar-refractivity contribution in [2.75, 3.05) is 46.4 Å². The molecular formula is C49H82N2O9SSi. The molecule has 2 aromatic rings. The molecule has 0 saturated heterocycles. The van der Waals surface area contributed by atoms with Gasteiger partial charge in [-0.25, -0.2) is 0 Å². The number of hydrogen-bond donors (Lipinski definition) is 0. The van der Waals surface area contributed by atoms with Crippen LogP contribution in [0.5, 0.6) is 0 Å². The Hall–Kier alpha value is -4.69. The summed E-state index contributed by atoms with van der Waals surface area (Å²) >= 11 is 1.72. The Morgan fingerprint density at radius 3 is 1.31 bits per heavy atom. The topological polar surface area (TPSA) is 165 Å². The highest BCUT2D eigenvalue weighted by atomic mass is 32.2. The largest absolute Gasteiger partial charge is 0.469 e. The second-order valence-corrected chi connectivity index (χ2v) is 19.9. The van der Waals surface area contributed by atoms with Gasteiger partial charge in [-0.3, -0.25) is 24.0 Å². The van der Waals surface area contributed by atoms with E-state index in [0.717, 1.165) is 30.8 Å². The van der Waals surface area contributed by atoms with E-state index in [9.17, 15) is 33.6 Å². The van der Waals surface area contributed by atoms with Gasteiger partial charge in [0.1, 0.15) is 31.2 Å². The number of thioether (sulfide) groups is 1. The standard InChI is InChI=1S/C11H13NO2.C8H8O.C7H14Si.C6H12OS.C4H8O2.C4H10O.C3H5N.2C3H6O/c1-9(13)8-12(2)11(14)10-6-4-3-5-7-10;1-7(9)8-5-3-2-4-6-8;1-5-6-7-8(2,3)4;1-5(4-8-3)6(2)7;1-3-4(5)6-2;1-3-4-5-2;1-2-3-4;2*1-3(2)4/h3-7H,8H2,1-2H3;2-6H,1H3;5H2,1-4H3;5H,4H2,1-3H3;3H2,1-2H3;3-4H2,1-2H3;2H2,1H3;2*1-2H3. The van der Waals surface area contributed by atoms with E-state index in [2.05, 4.69) is 49.7 Å². The zero-order valence-corrected chi connectivity index (χ0v) is 43.6. The number of rotatable bonds is 10. The van der Waals surface area contributed by atoms with Crippen molar-refractivity contribution in [3.8, 4) is 17.5 Å². The van der Waals surface area contributed by atoms with Crippen molar-refractivity contribution < 1.29 is 43.0 Å². The summed E-state index contributed by atoms with van der Waals surface area (Å²) in [5.74, 6) is 4.74. The van der Waals surface area contributed by atoms with Gasteiger partial charge in [-0.05, 0) is 73.3 Å². The molecule has 0 saturated carbocycles. The molecule has 0 heterocycles. The van der Waals surface area contributed by atoms with Gasteiger partial charge in [-0.1, -0.05) is 103 Å². The van der Waals surface area contributed by atoms with Gasteiger partial charge >= 0.3 is 5.97 Å². The van der Waals surface area contributed by atoms with Crippen LogP contribution in [0.3, 0.4) is 0 Å². The normalized spacial score (nSPS) is 9.06. The molecule has 2 aromatic carbocycles. The Bertz CT molecular complexity index is 1520. The average Bonchev–Trinajstić information content (AvgIpc) is 3.20. The van der Waals surface area contributed by atoms with E-state index in [1.165, 1.54) is 46.6 Å². The summed E-state index contributed by atoms with van der Waals surface area (Å²) < 4.78 is 8.95. The lowest BCUT2D eigenvalue weighted by Crippen LogP contribution is -2.30. The molecule has 0 spiro atoms. The number of likely N-dealkylation sites (N-methyl/N-ethyl adjacent to an activating group) is 1. The number of ketones is 5. The smallest absolute Gasteiger partial charge is 0.305 e. The molecule has 0 fully saturated rings. The van der Waals surface area contributed by atoms with Crippen LogP contribution in [0.15, 0.2) is 60.7 Å². The summed E-state index contributed by atoms with van der Waals surface area (Å²) in [6.45, 7) is 28.3. The molecule has 1 unspecified atom stereocenters. The quantitative estimate of drug-likeness (QED) is 0.0964. The Morgan fingerprint density at radius 2 is 1.15 bits per heavy atom. The third kappa shape index (κ3) is 76.1. The summed E-state index contributed by atoms with van der Waals surface area (Å²) in [5.41, 5.74) is 4.64. The molecule has 1 amide bonds. The number of nitriles is 1. The fraction of sp³-hybridized carbons (Fsp3) is 0.551. The lowest BCUT2D eigenvalue weighted by molar-refractivity contribution is -0.140. The number of nitrogens with zero attached hydrogens (tertiary/aromatic N) is 2. The van der Waals surface area contributed by atoms with Crippen molar-refractivity contribution in [2.24, 2.45) is 5.92 Å². The number of hydrogen-bond acceptors (Lipinski definition) is 11. The van der Waals surface area contributed by atoms with E-state index in [1.54, 1.807) is 71.0 Å². The maximum Gasteiger partial charge on any atom is 0.305 e. The molecule has 0 radical (unpaired) electrons. The van der Waals surface area contributed by atoms with Crippen LogP contribution in [0.2, 0.25) is 19.6 Å². The van der Waals surface area contributed by atoms with Crippen molar-refractivity contribution in [3.63, 3.8) is 0 Å². The number of methoxy groups -OCH3 is 2. The molecule has 0 bridgehead atoms. The van der Waals surface area contributed by atoms with Gasteiger partial charge in [0.15, 0.2) is 5.78 Å². The lowest BCUT2D eigenvalue weighted by Gasteiger charge is -2.14. The second-order valence-electron chi connectivity index (χ2n) is 14.3. The monoisotopic (exact) mass is 903 g/mol. The lowest BCUT2D eigenvalue weighted by atomic mass is 10.1. The van der Waals surface area contributed by atoms with Crippen LogP contribution in [-0.2, 0) is 33.4 Å². The second kappa shape index (κ2) is 52.4. The molecule has 13 heteroatoms. The summed E-state index contributed by atoms with van der Waals surface area (Å²) in [7, 11) is 3.68. The van der Waals surface area contributed by atoms with Crippen molar-refractivity contribution in [1.82, 2.24) is 4.90 Å². The molecule has 0 aliphatic rings. The third-order valence-corrected chi connectivity index (χ3v) is 7.60. The first kappa shape index (κ1) is 71.8. The first-order chi connectivity index (χ1) is 28.8. The molecule has 0 aliphatic heterocycles. The number of esters is 1. The summed E-state index contributed by atoms with van der Waals surface area (Å²) in [6, 6.07) is 20.1. The van der Waals surface area contributed by atoms with Crippen LogP contribution in [0, 0.1) is 28.7 Å². The number of amides is 1. The molecule has 2 rings (SSSR count). The van der Waals surface area contributed by atoms with E-state index in [0.29, 0.717) is 24.2 Å². The molecule has 1 atom stereocenters. The van der Waals surface area contributed by atoms with E-state index in [-0.39, 0.29) is 47.5 Å². The first-order valence-electron chi connectivity index (χ1n) is 20.5. The predicted octanol–water partition coefficient (Wildman–Crippen LogP) is 10.8. The maximum atomic E-state index is 11.7. The number of carbonyl (C=O) groups is 7. The zero-order chi connectivity index (χ0) is 50.1. The third-order valence-electron chi connectivity index (χ3n) is 5.84. The van der Waals surface area contributed by atoms with Crippen molar-refractivity contribution in [2.45, 2.75) is 128 Å². The number of Topliss-reactive ketones (excluding diaryl/α,β-unsaturated/α-hetero) is 5. The van der Waals surface area contributed by atoms with Crippen LogP contribution in [-0.4, -0.2) is 100 Å². The fourth-order valence-electron chi connectivity index (χ4n) is 2.95. The van der Waals surface area contributed by atoms with E-state index in [4.69, 9.17) is 10.00 Å². The highest BCUT2D eigenvalue weighted by Gasteiger charge is 2.11. The van der Waals surface area contributed by atoms with E-state index >= 15 is 0 Å². The molecule has 62 heavy (non-hydrogen) atoms. The molecule has 0 aliphatic carbocycles. The zero-order valence-electron chi connectivity index (χ0n) is 41.8. The number of ether oxygens (including phenoxy) is 2. The fourth-order valence-corrected chi connectivity index (χ4v) is 4.39. The van der Waals surface area contributed by atoms with E-state index < -0.39 is 8.07 Å². The summed E-state index contributed by atoms with van der Waals surface area (Å²) in [5, 5.41) is 7.62. The van der Waals surface area contributed by atoms with Crippen molar-refractivity contribution in [1.29, 1.82) is 5.26 Å². The minimum absolute atomic E-state index is 0.0169. The van der Waals surface area contributed by atoms with Crippen LogP contribution in [0.25, 0.3) is 0 Å². The summed E-state index contributed by atoms with van der Waals surface area (Å²) in [4.78, 5) is 73.9. The Balaban J connectivity index is -0.000000114. The van der Waals surface area contributed by atoms with Gasteiger partial charge < -0.3 is 24.0 Å². The number of carbonyl (C=O) groups excluding carboxylic acids is 7. The average molecular weight is 903 g/mol. The van der Waals surface area contributed by atoms with Crippen LogP contribution >= 0.6 is 11.8 Å². The van der Waals surface area contributed by atoms with Crippen molar-refractivity contribution in [3.05, 3.63) is 71.8 Å². The predicted molar refractivity (Wildman–Crippen MR) is 263 cm³/mol. The highest BCUT2D eigenvalue weighted by Crippen LogP contribution is 2.04. The molecule has 0 aromatic heterocycles. The van der Waals surface area contributed by atoms with E-state index in [1.807, 2.05) is 62.6 Å². The Morgan fingerprint density at radius 1 is 0.742 bits per heavy atom. The minimum atomic E-state index is -1.04. The molecule has 352 valence electrons. The Labute approximate surface area is 382 Å². The SMILES string of the molecule is CC(=O)CN(C)C(=O)c1ccccc1.CC(=O)c1ccccc1.CC(C)=O.CC(C)=O.CCC#C[Si](C)(C)C.CCC#N.CCC(=O)OC.CCCOC.CSCC(C)C(C)=O. The van der Waals surface area contributed by atoms with Crippen LogP contribution < -0.4 is 0 Å². The van der Waals surface area contributed by atoms with Crippen LogP contribution in [0.4, 0.5) is 0 Å². The van der Waals surface area contributed by atoms with Gasteiger partial charge in [-0.15, -0.1) is 11.5 Å². The Kier molecular flexibility index (Phi) is 60.7. The molecular weight excluding hydrogens is 821 g/mol. The van der Waals surface area contributed by atoms with Gasteiger partial charge in [0.25, 0.3) is 5.91 Å². The minimum Gasteiger partial charge on any atom is -0.469 e. The molecule has 11 nitrogen and oxygen atoms in total. The van der Waals surface area contributed by atoms with Gasteiger partial charge in [0.05, 0.1) is 19.7 Å². The van der Waals surface area contributed by atoms with Gasteiger partial charge in [-0.2, -0.15) is 17.0 Å².